The molecule has 0 unspecified atom stereocenters. The van der Waals surface area contributed by atoms with Crippen molar-refractivity contribution in [2.45, 2.75) is 43.5 Å². The SMILES string of the molecule is Cn1cnnc1CSc1cccc(CNC(C)(C)C)c1. The van der Waals surface area contributed by atoms with Gasteiger partial charge in [0.25, 0.3) is 0 Å². The van der Waals surface area contributed by atoms with Gasteiger partial charge in [-0.1, -0.05) is 12.1 Å². The lowest BCUT2D eigenvalue weighted by Gasteiger charge is -2.20. The third-order valence-corrected chi connectivity index (χ3v) is 3.88. The zero-order chi connectivity index (χ0) is 14.6. The number of aromatic nitrogens is 3. The van der Waals surface area contributed by atoms with Gasteiger partial charge in [0.05, 0.1) is 5.75 Å². The molecule has 0 aliphatic rings. The van der Waals surface area contributed by atoms with Crippen LogP contribution in [-0.4, -0.2) is 20.3 Å². The predicted molar refractivity (Wildman–Crippen MR) is 83.6 cm³/mol. The van der Waals surface area contributed by atoms with Crippen LogP contribution in [0.15, 0.2) is 35.5 Å². The second-order valence-corrected chi connectivity index (χ2v) is 6.95. The Bertz CT molecular complexity index is 557. The van der Waals surface area contributed by atoms with Crippen molar-refractivity contribution in [3.05, 3.63) is 42.0 Å². The van der Waals surface area contributed by atoms with Gasteiger partial charge in [-0.3, -0.25) is 0 Å². The lowest BCUT2D eigenvalue weighted by molar-refractivity contribution is 0.424. The summed E-state index contributed by atoms with van der Waals surface area (Å²) in [7, 11) is 1.97. The molecule has 20 heavy (non-hydrogen) atoms. The number of nitrogens with zero attached hydrogens (tertiary/aromatic N) is 3. The minimum Gasteiger partial charge on any atom is -0.320 e. The summed E-state index contributed by atoms with van der Waals surface area (Å²) in [5.41, 5.74) is 1.45. The van der Waals surface area contributed by atoms with Crippen LogP contribution < -0.4 is 5.32 Å². The van der Waals surface area contributed by atoms with E-state index in [4.69, 9.17) is 0 Å². The van der Waals surface area contributed by atoms with Crippen molar-refractivity contribution in [2.75, 3.05) is 0 Å². The maximum atomic E-state index is 4.10. The van der Waals surface area contributed by atoms with E-state index in [0.29, 0.717) is 0 Å². The molecular formula is C15H22N4S. The molecule has 0 aliphatic carbocycles. The zero-order valence-electron chi connectivity index (χ0n) is 12.6. The quantitative estimate of drug-likeness (QED) is 0.860. The summed E-state index contributed by atoms with van der Waals surface area (Å²) in [5, 5.41) is 11.5. The highest BCUT2D eigenvalue weighted by Crippen LogP contribution is 2.22. The van der Waals surface area contributed by atoms with Gasteiger partial charge in [-0.25, -0.2) is 0 Å². The fourth-order valence-corrected chi connectivity index (χ4v) is 2.66. The normalized spacial score (nSPS) is 11.8. The van der Waals surface area contributed by atoms with Crippen molar-refractivity contribution in [3.63, 3.8) is 0 Å². The molecule has 0 amide bonds. The molecule has 1 aromatic carbocycles. The molecule has 2 aromatic rings. The number of benzene rings is 1. The number of thioether (sulfide) groups is 1. The summed E-state index contributed by atoms with van der Waals surface area (Å²) < 4.78 is 1.96. The van der Waals surface area contributed by atoms with Crippen LogP contribution in [0.4, 0.5) is 0 Å². The van der Waals surface area contributed by atoms with Crippen molar-refractivity contribution in [1.82, 2.24) is 20.1 Å². The van der Waals surface area contributed by atoms with Crippen LogP contribution in [0.1, 0.15) is 32.2 Å². The highest BCUT2D eigenvalue weighted by atomic mass is 32.2. The lowest BCUT2D eigenvalue weighted by atomic mass is 10.1. The summed E-state index contributed by atoms with van der Waals surface area (Å²) in [6.45, 7) is 7.43. The van der Waals surface area contributed by atoms with E-state index < -0.39 is 0 Å². The summed E-state index contributed by atoms with van der Waals surface area (Å²) >= 11 is 1.79. The van der Waals surface area contributed by atoms with E-state index in [0.717, 1.165) is 18.1 Å². The summed E-state index contributed by atoms with van der Waals surface area (Å²) in [6.07, 6.45) is 1.74. The van der Waals surface area contributed by atoms with Crippen LogP contribution in [0.5, 0.6) is 0 Å². The second-order valence-electron chi connectivity index (χ2n) is 5.90. The average molecular weight is 290 g/mol. The van der Waals surface area contributed by atoms with Crippen LogP contribution in [0, 0.1) is 0 Å². The molecule has 0 spiro atoms. The molecule has 0 fully saturated rings. The van der Waals surface area contributed by atoms with Gasteiger partial charge in [0.15, 0.2) is 0 Å². The Kier molecular flexibility index (Phi) is 4.83. The molecule has 2 rings (SSSR count). The van der Waals surface area contributed by atoms with Gasteiger partial charge in [-0.2, -0.15) is 0 Å². The highest BCUT2D eigenvalue weighted by molar-refractivity contribution is 7.98. The number of hydrogen-bond acceptors (Lipinski definition) is 4. The van der Waals surface area contributed by atoms with Crippen LogP contribution in [0.2, 0.25) is 0 Å². The maximum Gasteiger partial charge on any atom is 0.142 e. The number of nitrogens with one attached hydrogen (secondary N) is 1. The second kappa shape index (κ2) is 6.41. The van der Waals surface area contributed by atoms with Crippen molar-refractivity contribution in [3.8, 4) is 0 Å². The summed E-state index contributed by atoms with van der Waals surface area (Å²) in [5.74, 6) is 1.83. The number of hydrogen-bond donors (Lipinski definition) is 1. The maximum absolute atomic E-state index is 4.10. The Labute approximate surface area is 125 Å². The van der Waals surface area contributed by atoms with Gasteiger partial charge in [0, 0.05) is 24.0 Å². The first-order valence-corrected chi connectivity index (χ1v) is 7.72. The van der Waals surface area contributed by atoms with E-state index in [1.807, 2.05) is 11.6 Å². The molecule has 5 heteroatoms. The highest BCUT2D eigenvalue weighted by Gasteiger charge is 2.08. The fraction of sp³-hybridized carbons (Fsp3) is 0.467. The molecule has 1 aromatic heterocycles. The van der Waals surface area contributed by atoms with Gasteiger partial charge < -0.3 is 9.88 Å². The minimum absolute atomic E-state index is 0.141. The predicted octanol–water partition coefficient (Wildman–Crippen LogP) is 3.00. The van der Waals surface area contributed by atoms with Crippen LogP contribution in [0.25, 0.3) is 0 Å². The third-order valence-electron chi connectivity index (χ3n) is 2.89. The summed E-state index contributed by atoms with van der Waals surface area (Å²) in [6, 6.07) is 8.64. The molecule has 0 saturated heterocycles. The first kappa shape index (κ1) is 15.1. The van der Waals surface area contributed by atoms with E-state index in [2.05, 4.69) is 60.6 Å². The molecule has 0 bridgehead atoms. The van der Waals surface area contributed by atoms with E-state index in [1.165, 1.54) is 10.5 Å². The van der Waals surface area contributed by atoms with Crippen molar-refractivity contribution in [2.24, 2.45) is 7.05 Å². The summed E-state index contributed by atoms with van der Waals surface area (Å²) in [4.78, 5) is 1.27. The lowest BCUT2D eigenvalue weighted by Crippen LogP contribution is -2.35. The standard InChI is InChI=1S/C15H22N4S/c1-15(2,3)16-9-12-6-5-7-13(8-12)20-10-14-18-17-11-19(14)4/h5-8,11,16H,9-10H2,1-4H3. The van der Waals surface area contributed by atoms with Gasteiger partial charge in [-0.15, -0.1) is 22.0 Å². The van der Waals surface area contributed by atoms with Crippen LogP contribution in [-0.2, 0) is 19.3 Å². The van der Waals surface area contributed by atoms with E-state index in [9.17, 15) is 0 Å². The van der Waals surface area contributed by atoms with Gasteiger partial charge in [0.1, 0.15) is 12.2 Å². The Morgan fingerprint density at radius 2 is 2.10 bits per heavy atom. The first-order chi connectivity index (χ1) is 9.44. The van der Waals surface area contributed by atoms with Gasteiger partial charge in [0.2, 0.25) is 0 Å². The molecule has 1 N–H and O–H groups in total. The fourth-order valence-electron chi connectivity index (χ4n) is 1.70. The topological polar surface area (TPSA) is 42.7 Å². The molecule has 108 valence electrons. The van der Waals surface area contributed by atoms with Crippen molar-refractivity contribution in [1.29, 1.82) is 0 Å². The Balaban J connectivity index is 1.94. The molecular weight excluding hydrogens is 268 g/mol. The molecule has 0 atom stereocenters. The molecule has 4 nitrogen and oxygen atoms in total. The Morgan fingerprint density at radius 1 is 1.30 bits per heavy atom. The first-order valence-electron chi connectivity index (χ1n) is 6.74. The Morgan fingerprint density at radius 3 is 2.75 bits per heavy atom. The average Bonchev–Trinajstić information content (AvgIpc) is 2.79. The van der Waals surface area contributed by atoms with E-state index in [1.54, 1.807) is 18.1 Å². The minimum atomic E-state index is 0.141. The molecule has 0 radical (unpaired) electrons. The van der Waals surface area contributed by atoms with E-state index in [-0.39, 0.29) is 5.54 Å². The van der Waals surface area contributed by atoms with E-state index >= 15 is 0 Å². The smallest absolute Gasteiger partial charge is 0.142 e. The Hall–Kier alpha value is -1.33. The number of rotatable bonds is 5. The van der Waals surface area contributed by atoms with Crippen molar-refractivity contribution < 1.29 is 0 Å². The zero-order valence-corrected chi connectivity index (χ0v) is 13.4. The van der Waals surface area contributed by atoms with Crippen LogP contribution in [0.3, 0.4) is 0 Å². The monoisotopic (exact) mass is 290 g/mol. The molecule has 0 saturated carbocycles. The van der Waals surface area contributed by atoms with Crippen molar-refractivity contribution >= 4 is 11.8 Å². The third kappa shape index (κ3) is 4.65. The van der Waals surface area contributed by atoms with Gasteiger partial charge >= 0.3 is 0 Å². The largest absolute Gasteiger partial charge is 0.320 e. The van der Waals surface area contributed by atoms with Gasteiger partial charge in [-0.05, 0) is 38.5 Å². The molecule has 1 heterocycles. The number of aryl methyl sites for hydroxylation is 1. The van der Waals surface area contributed by atoms with Crippen LogP contribution >= 0.6 is 11.8 Å². The molecule has 0 aliphatic heterocycles.